The Morgan fingerprint density at radius 3 is 2.38 bits per heavy atom. The fourth-order valence-electron chi connectivity index (χ4n) is 4.01. The molecular formula is C28H18N4O5. The highest BCUT2D eigenvalue weighted by Crippen LogP contribution is 2.41. The van der Waals surface area contributed by atoms with E-state index in [1.54, 1.807) is 12.1 Å². The van der Waals surface area contributed by atoms with E-state index in [0.717, 1.165) is 11.1 Å². The van der Waals surface area contributed by atoms with E-state index in [1.165, 1.54) is 18.3 Å². The minimum atomic E-state index is -0.577. The number of anilines is 1. The summed E-state index contributed by atoms with van der Waals surface area (Å²) in [6.07, 6.45) is 1.48. The summed E-state index contributed by atoms with van der Waals surface area (Å²) in [7, 11) is 0. The molecule has 0 bridgehead atoms. The van der Waals surface area contributed by atoms with Crippen molar-refractivity contribution < 1.29 is 18.9 Å². The number of nitro groups is 1. The Morgan fingerprint density at radius 1 is 1.00 bits per heavy atom. The Hall–Kier alpha value is -5.49. The Bertz CT molecular complexity index is 1660. The van der Waals surface area contributed by atoms with Crippen LogP contribution in [0.2, 0.25) is 0 Å². The van der Waals surface area contributed by atoms with Crippen molar-refractivity contribution in [2.45, 2.75) is 0 Å². The first-order valence-corrected chi connectivity index (χ1v) is 11.2. The summed E-state index contributed by atoms with van der Waals surface area (Å²) >= 11 is 0. The minimum absolute atomic E-state index is 0.000452. The Labute approximate surface area is 210 Å². The lowest BCUT2D eigenvalue weighted by molar-refractivity contribution is -0.383. The minimum Gasteiger partial charge on any atom is -0.481 e. The van der Waals surface area contributed by atoms with Crippen molar-refractivity contribution in [2.24, 2.45) is 0 Å². The van der Waals surface area contributed by atoms with Gasteiger partial charge in [-0.1, -0.05) is 60.7 Å². The van der Waals surface area contributed by atoms with Gasteiger partial charge >= 0.3 is 0 Å². The number of nitro benzene ring substituents is 1. The number of pyridine rings is 1. The van der Waals surface area contributed by atoms with Crippen molar-refractivity contribution in [1.82, 2.24) is 4.98 Å². The lowest BCUT2D eigenvalue weighted by Crippen LogP contribution is -2.20. The van der Waals surface area contributed by atoms with E-state index in [4.69, 9.17) is 9.15 Å². The van der Waals surface area contributed by atoms with Crippen LogP contribution in [0.25, 0.3) is 33.4 Å². The third kappa shape index (κ3) is 4.59. The fraction of sp³-hybridized carbons (Fsp3) is 0.0357. The molecule has 0 radical (unpaired) electrons. The number of non-ortho nitro benzene ring substituents is 1. The van der Waals surface area contributed by atoms with Crippen LogP contribution in [-0.4, -0.2) is 22.4 Å². The first-order valence-electron chi connectivity index (χ1n) is 11.2. The van der Waals surface area contributed by atoms with Crippen LogP contribution >= 0.6 is 0 Å². The van der Waals surface area contributed by atoms with Gasteiger partial charge in [0.05, 0.1) is 10.3 Å². The molecule has 180 valence electrons. The van der Waals surface area contributed by atoms with Gasteiger partial charge in [0.1, 0.15) is 28.7 Å². The second kappa shape index (κ2) is 10.0. The van der Waals surface area contributed by atoms with Crippen molar-refractivity contribution in [3.05, 3.63) is 107 Å². The van der Waals surface area contributed by atoms with Crippen molar-refractivity contribution in [1.29, 1.82) is 5.26 Å². The zero-order valence-electron chi connectivity index (χ0n) is 19.3. The average molecular weight is 490 g/mol. The highest BCUT2D eigenvalue weighted by atomic mass is 16.6. The summed E-state index contributed by atoms with van der Waals surface area (Å²) in [5.41, 5.74) is 2.41. The zero-order chi connectivity index (χ0) is 25.8. The Balaban J connectivity index is 1.44. The zero-order valence-corrected chi connectivity index (χ0v) is 19.3. The third-order valence-electron chi connectivity index (χ3n) is 5.64. The lowest BCUT2D eigenvalue weighted by atomic mass is 9.98. The molecule has 5 aromatic rings. The second-order valence-corrected chi connectivity index (χ2v) is 7.93. The standard InChI is InChI=1S/C28H18N4O5/c29-16-21-25(18-8-3-1-4-9-18)27(19-10-5-2-6-11-19)37-28(21)31-24(33)17-36-23-14-13-22(32(34)35)20-12-7-15-30-26(20)23/h1-15H,17H2,(H,31,33). The van der Waals surface area contributed by atoms with Gasteiger partial charge in [0.25, 0.3) is 11.6 Å². The van der Waals surface area contributed by atoms with E-state index in [-0.39, 0.29) is 28.4 Å². The molecule has 0 atom stereocenters. The Kier molecular flexibility index (Phi) is 6.30. The van der Waals surface area contributed by atoms with E-state index >= 15 is 0 Å². The second-order valence-electron chi connectivity index (χ2n) is 7.93. The summed E-state index contributed by atoms with van der Waals surface area (Å²) < 4.78 is 11.7. The summed E-state index contributed by atoms with van der Waals surface area (Å²) in [5.74, 6) is 0.0868. The van der Waals surface area contributed by atoms with E-state index < -0.39 is 17.4 Å². The molecule has 3 aromatic carbocycles. The number of nitrogens with one attached hydrogen (secondary N) is 1. The third-order valence-corrected chi connectivity index (χ3v) is 5.64. The molecule has 0 aliphatic heterocycles. The van der Waals surface area contributed by atoms with Crippen LogP contribution in [0.15, 0.2) is 95.5 Å². The molecule has 0 fully saturated rings. The van der Waals surface area contributed by atoms with Gasteiger partial charge in [0.2, 0.25) is 5.88 Å². The molecule has 0 unspecified atom stereocenters. The molecule has 2 aromatic heterocycles. The van der Waals surface area contributed by atoms with E-state index in [1.807, 2.05) is 60.7 Å². The van der Waals surface area contributed by atoms with Gasteiger partial charge in [-0.3, -0.25) is 25.2 Å². The molecule has 5 rings (SSSR count). The van der Waals surface area contributed by atoms with Crippen LogP contribution in [0, 0.1) is 21.4 Å². The molecule has 0 aliphatic rings. The van der Waals surface area contributed by atoms with Crippen molar-refractivity contribution >= 4 is 28.4 Å². The maximum atomic E-state index is 12.8. The maximum absolute atomic E-state index is 12.8. The molecule has 0 saturated heterocycles. The van der Waals surface area contributed by atoms with Crippen LogP contribution in [-0.2, 0) is 4.79 Å². The van der Waals surface area contributed by atoms with E-state index in [2.05, 4.69) is 16.4 Å². The van der Waals surface area contributed by atoms with Crippen molar-refractivity contribution in [3.8, 4) is 34.3 Å². The van der Waals surface area contributed by atoms with Crippen LogP contribution in [0.5, 0.6) is 5.75 Å². The van der Waals surface area contributed by atoms with Gasteiger partial charge in [0.15, 0.2) is 6.61 Å². The molecule has 0 spiro atoms. The van der Waals surface area contributed by atoms with Gasteiger partial charge < -0.3 is 9.15 Å². The molecule has 1 amide bonds. The van der Waals surface area contributed by atoms with Crippen LogP contribution < -0.4 is 10.1 Å². The average Bonchev–Trinajstić information content (AvgIpc) is 3.30. The van der Waals surface area contributed by atoms with Crippen molar-refractivity contribution in [3.63, 3.8) is 0 Å². The maximum Gasteiger partial charge on any atom is 0.279 e. The lowest BCUT2D eigenvalue weighted by Gasteiger charge is -2.09. The molecule has 0 saturated carbocycles. The number of rotatable bonds is 7. The first-order chi connectivity index (χ1) is 18.1. The highest BCUT2D eigenvalue weighted by molar-refractivity contribution is 5.97. The van der Waals surface area contributed by atoms with Gasteiger partial charge in [-0.15, -0.1) is 0 Å². The summed E-state index contributed by atoms with van der Waals surface area (Å²) in [6, 6.07) is 26.6. The van der Waals surface area contributed by atoms with Crippen LogP contribution in [0.3, 0.4) is 0 Å². The molecule has 9 heteroatoms. The normalized spacial score (nSPS) is 10.6. The van der Waals surface area contributed by atoms with Gasteiger partial charge in [-0.05, 0) is 23.8 Å². The van der Waals surface area contributed by atoms with Gasteiger partial charge in [-0.2, -0.15) is 5.26 Å². The number of nitriles is 1. The largest absolute Gasteiger partial charge is 0.481 e. The van der Waals surface area contributed by atoms with E-state index in [9.17, 15) is 20.2 Å². The number of nitrogens with zero attached hydrogens (tertiary/aromatic N) is 3. The van der Waals surface area contributed by atoms with Crippen LogP contribution in [0.4, 0.5) is 11.6 Å². The topological polar surface area (TPSA) is 131 Å². The number of carbonyl (C=O) groups is 1. The molecule has 37 heavy (non-hydrogen) atoms. The Morgan fingerprint density at radius 2 is 1.70 bits per heavy atom. The molecule has 2 heterocycles. The number of carbonyl (C=O) groups excluding carboxylic acids is 1. The smallest absolute Gasteiger partial charge is 0.279 e. The predicted molar refractivity (Wildman–Crippen MR) is 137 cm³/mol. The number of benzene rings is 3. The first kappa shape index (κ1) is 23.3. The van der Waals surface area contributed by atoms with E-state index in [0.29, 0.717) is 16.7 Å². The number of fused-ring (bicyclic) bond motifs is 1. The van der Waals surface area contributed by atoms with Gasteiger partial charge in [-0.25, -0.2) is 0 Å². The number of amides is 1. The highest BCUT2D eigenvalue weighted by Gasteiger charge is 2.24. The monoisotopic (exact) mass is 490 g/mol. The molecule has 9 nitrogen and oxygen atoms in total. The molecule has 1 N–H and O–H groups in total. The predicted octanol–water partition coefficient (Wildman–Crippen LogP) is 5.96. The van der Waals surface area contributed by atoms with Crippen molar-refractivity contribution in [2.75, 3.05) is 11.9 Å². The SMILES string of the molecule is N#Cc1c(NC(=O)COc2ccc([N+](=O)[O-])c3cccnc23)oc(-c2ccccc2)c1-c1ccccc1. The molecule has 0 aliphatic carbocycles. The number of hydrogen-bond acceptors (Lipinski definition) is 7. The number of aromatic nitrogens is 1. The molecular weight excluding hydrogens is 472 g/mol. The number of ether oxygens (including phenoxy) is 1. The fourth-order valence-corrected chi connectivity index (χ4v) is 4.01. The van der Waals surface area contributed by atoms with Gasteiger partial charge in [0, 0.05) is 23.4 Å². The number of hydrogen-bond donors (Lipinski definition) is 1. The summed E-state index contributed by atoms with van der Waals surface area (Å²) in [5, 5.41) is 24.2. The quantitative estimate of drug-likeness (QED) is 0.220. The number of furan rings is 1. The van der Waals surface area contributed by atoms with Crippen LogP contribution in [0.1, 0.15) is 5.56 Å². The summed E-state index contributed by atoms with van der Waals surface area (Å²) in [6.45, 7) is -0.434. The summed E-state index contributed by atoms with van der Waals surface area (Å²) in [4.78, 5) is 27.8.